The third-order valence-electron chi connectivity index (χ3n) is 2.77. The fourth-order valence-corrected chi connectivity index (χ4v) is 1.82. The van der Waals surface area contributed by atoms with Crippen LogP contribution in [0.25, 0.3) is 0 Å². The molecular weight excluding hydrogens is 292 g/mol. The standard InChI is InChI=1S/C14H13ClN4O2/c1-18(2)12-6-3-10(4-7-12)16-17-11-5-8-13(15)14(9-11)19(20)21/h3-9H,1-2H3. The van der Waals surface area contributed by atoms with E-state index in [4.69, 9.17) is 11.6 Å². The van der Waals surface area contributed by atoms with Gasteiger partial charge in [0.05, 0.1) is 16.3 Å². The molecule has 0 saturated heterocycles. The molecule has 0 N–H and O–H groups in total. The number of rotatable bonds is 4. The molecule has 6 nitrogen and oxygen atoms in total. The fraction of sp³-hybridized carbons (Fsp3) is 0.143. The number of benzene rings is 2. The van der Waals surface area contributed by atoms with Gasteiger partial charge in [-0.1, -0.05) is 11.6 Å². The molecule has 21 heavy (non-hydrogen) atoms. The summed E-state index contributed by atoms with van der Waals surface area (Å²) in [7, 11) is 3.90. The Morgan fingerprint density at radius 1 is 1.05 bits per heavy atom. The van der Waals surface area contributed by atoms with Crippen molar-refractivity contribution in [2.24, 2.45) is 10.2 Å². The van der Waals surface area contributed by atoms with E-state index in [0.29, 0.717) is 11.4 Å². The van der Waals surface area contributed by atoms with Crippen LogP contribution in [0, 0.1) is 10.1 Å². The molecule has 0 aromatic heterocycles. The Morgan fingerprint density at radius 2 is 1.62 bits per heavy atom. The highest BCUT2D eigenvalue weighted by molar-refractivity contribution is 6.32. The maximum absolute atomic E-state index is 10.8. The molecule has 0 fully saturated rings. The molecule has 0 radical (unpaired) electrons. The van der Waals surface area contributed by atoms with Crippen molar-refractivity contribution >= 4 is 34.4 Å². The first kappa shape index (κ1) is 14.9. The molecule has 7 heteroatoms. The lowest BCUT2D eigenvalue weighted by Crippen LogP contribution is -2.07. The molecule has 2 rings (SSSR count). The molecule has 0 amide bonds. The first-order chi connectivity index (χ1) is 9.97. The van der Waals surface area contributed by atoms with Crippen LogP contribution in [0.5, 0.6) is 0 Å². The van der Waals surface area contributed by atoms with Crippen molar-refractivity contribution in [2.75, 3.05) is 19.0 Å². The summed E-state index contributed by atoms with van der Waals surface area (Å²) in [6.45, 7) is 0. The van der Waals surface area contributed by atoms with Gasteiger partial charge in [-0.05, 0) is 36.4 Å². The highest BCUT2D eigenvalue weighted by Gasteiger charge is 2.12. The average molecular weight is 305 g/mol. The number of hydrogen-bond donors (Lipinski definition) is 0. The van der Waals surface area contributed by atoms with Gasteiger partial charge in [-0.3, -0.25) is 10.1 Å². The molecule has 0 aliphatic rings. The van der Waals surface area contributed by atoms with Crippen molar-refractivity contribution in [1.82, 2.24) is 0 Å². The number of azo groups is 1. The molecular formula is C14H13ClN4O2. The predicted octanol–water partition coefficient (Wildman–Crippen LogP) is 4.73. The molecule has 0 bridgehead atoms. The van der Waals surface area contributed by atoms with Crippen LogP contribution in [0.1, 0.15) is 0 Å². The zero-order chi connectivity index (χ0) is 15.4. The van der Waals surface area contributed by atoms with Crippen molar-refractivity contribution < 1.29 is 4.92 Å². The van der Waals surface area contributed by atoms with Crippen LogP contribution in [0.2, 0.25) is 5.02 Å². The normalized spacial score (nSPS) is 10.8. The highest BCUT2D eigenvalue weighted by atomic mass is 35.5. The highest BCUT2D eigenvalue weighted by Crippen LogP contribution is 2.29. The lowest BCUT2D eigenvalue weighted by Gasteiger charge is -2.11. The van der Waals surface area contributed by atoms with Crippen molar-refractivity contribution in [3.05, 3.63) is 57.6 Å². The molecule has 0 heterocycles. The fourth-order valence-electron chi connectivity index (χ4n) is 1.64. The minimum atomic E-state index is -0.548. The van der Waals surface area contributed by atoms with E-state index in [9.17, 15) is 10.1 Å². The van der Waals surface area contributed by atoms with Crippen molar-refractivity contribution in [2.45, 2.75) is 0 Å². The van der Waals surface area contributed by atoms with Crippen LogP contribution in [-0.2, 0) is 0 Å². The van der Waals surface area contributed by atoms with E-state index < -0.39 is 4.92 Å². The second kappa shape index (κ2) is 6.32. The second-order valence-electron chi connectivity index (χ2n) is 4.50. The van der Waals surface area contributed by atoms with E-state index in [1.54, 1.807) is 6.07 Å². The van der Waals surface area contributed by atoms with Gasteiger partial charge in [0.2, 0.25) is 0 Å². The van der Waals surface area contributed by atoms with E-state index in [-0.39, 0.29) is 10.7 Å². The van der Waals surface area contributed by atoms with E-state index in [1.165, 1.54) is 12.1 Å². The maximum Gasteiger partial charge on any atom is 0.290 e. The van der Waals surface area contributed by atoms with Gasteiger partial charge in [-0.2, -0.15) is 10.2 Å². The molecule has 2 aromatic rings. The van der Waals surface area contributed by atoms with Gasteiger partial charge in [-0.25, -0.2) is 0 Å². The lowest BCUT2D eigenvalue weighted by atomic mass is 10.3. The van der Waals surface area contributed by atoms with E-state index in [0.717, 1.165) is 5.69 Å². The van der Waals surface area contributed by atoms with Gasteiger partial charge in [0.15, 0.2) is 0 Å². The molecule has 0 aliphatic carbocycles. The van der Waals surface area contributed by atoms with Gasteiger partial charge in [0, 0.05) is 25.8 Å². The molecule has 0 unspecified atom stereocenters. The van der Waals surface area contributed by atoms with Crippen molar-refractivity contribution in [3.63, 3.8) is 0 Å². The summed E-state index contributed by atoms with van der Waals surface area (Å²) < 4.78 is 0. The lowest BCUT2D eigenvalue weighted by molar-refractivity contribution is -0.384. The minimum Gasteiger partial charge on any atom is -0.378 e. The average Bonchev–Trinajstić information content (AvgIpc) is 2.46. The third-order valence-corrected chi connectivity index (χ3v) is 3.09. The number of nitro benzene ring substituents is 1. The Labute approximate surface area is 126 Å². The Hall–Kier alpha value is -2.47. The number of nitro groups is 1. The SMILES string of the molecule is CN(C)c1ccc(N=Nc2ccc(Cl)c([N+](=O)[O-])c2)cc1. The Morgan fingerprint density at radius 3 is 2.19 bits per heavy atom. The predicted molar refractivity (Wildman–Crippen MR) is 83.1 cm³/mol. The zero-order valence-corrected chi connectivity index (χ0v) is 12.3. The van der Waals surface area contributed by atoms with Crippen molar-refractivity contribution in [3.8, 4) is 0 Å². The van der Waals surface area contributed by atoms with Gasteiger partial charge in [-0.15, -0.1) is 0 Å². The minimum absolute atomic E-state index is 0.0780. The van der Waals surface area contributed by atoms with Crippen molar-refractivity contribution in [1.29, 1.82) is 0 Å². The number of anilines is 1. The first-order valence-corrected chi connectivity index (χ1v) is 6.48. The number of hydrogen-bond acceptors (Lipinski definition) is 5. The molecule has 0 atom stereocenters. The quantitative estimate of drug-likeness (QED) is 0.465. The van der Waals surface area contributed by atoms with Crippen LogP contribution in [-0.4, -0.2) is 19.0 Å². The number of halogens is 1. The molecule has 2 aromatic carbocycles. The van der Waals surface area contributed by atoms with Crippen LogP contribution >= 0.6 is 11.6 Å². The summed E-state index contributed by atoms with van der Waals surface area (Å²) in [4.78, 5) is 12.2. The Balaban J connectivity index is 2.21. The molecule has 0 aliphatic heterocycles. The Bertz CT molecular complexity index is 684. The van der Waals surface area contributed by atoms with E-state index >= 15 is 0 Å². The topological polar surface area (TPSA) is 71.1 Å². The largest absolute Gasteiger partial charge is 0.378 e. The molecule has 0 saturated carbocycles. The zero-order valence-electron chi connectivity index (χ0n) is 11.5. The summed E-state index contributed by atoms with van der Waals surface area (Å²) in [6, 6.07) is 11.8. The van der Waals surface area contributed by atoms with Crippen LogP contribution in [0.4, 0.5) is 22.7 Å². The molecule has 108 valence electrons. The first-order valence-electron chi connectivity index (χ1n) is 6.10. The summed E-state index contributed by atoms with van der Waals surface area (Å²) in [6.07, 6.45) is 0. The van der Waals surface area contributed by atoms with Gasteiger partial charge in [0.25, 0.3) is 5.69 Å². The van der Waals surface area contributed by atoms with E-state index in [2.05, 4.69) is 10.2 Å². The summed E-state index contributed by atoms with van der Waals surface area (Å²) in [5.74, 6) is 0. The molecule has 0 spiro atoms. The smallest absolute Gasteiger partial charge is 0.290 e. The second-order valence-corrected chi connectivity index (χ2v) is 4.91. The monoisotopic (exact) mass is 304 g/mol. The number of nitrogens with zero attached hydrogens (tertiary/aromatic N) is 4. The summed E-state index contributed by atoms with van der Waals surface area (Å²) in [5, 5.41) is 18.9. The van der Waals surface area contributed by atoms with Gasteiger partial charge in [0.1, 0.15) is 5.02 Å². The summed E-state index contributed by atoms with van der Waals surface area (Å²) >= 11 is 5.74. The van der Waals surface area contributed by atoms with E-state index in [1.807, 2.05) is 43.3 Å². The maximum atomic E-state index is 10.8. The third kappa shape index (κ3) is 3.76. The summed E-state index contributed by atoms with van der Waals surface area (Å²) in [5.41, 5.74) is 1.91. The van der Waals surface area contributed by atoms with Gasteiger partial charge >= 0.3 is 0 Å². The van der Waals surface area contributed by atoms with Crippen LogP contribution < -0.4 is 4.90 Å². The van der Waals surface area contributed by atoms with Crippen LogP contribution in [0.3, 0.4) is 0 Å². The van der Waals surface area contributed by atoms with Gasteiger partial charge < -0.3 is 4.90 Å². The Kier molecular flexibility index (Phi) is 4.49. The van der Waals surface area contributed by atoms with Crippen LogP contribution in [0.15, 0.2) is 52.7 Å².